The zero-order valence-electron chi connectivity index (χ0n) is 5.33. The molecule has 0 spiro atoms. The largest absolute Gasteiger partial charge is 0.352 e. The Morgan fingerprint density at radius 2 is 2.20 bits per heavy atom. The molecule has 0 fully saturated rings. The van der Waals surface area contributed by atoms with Crippen molar-refractivity contribution >= 4 is 16.0 Å². The maximum atomic E-state index is 10.2. The van der Waals surface area contributed by atoms with E-state index in [0.29, 0.717) is 0 Å². The summed E-state index contributed by atoms with van der Waals surface area (Å²) in [6, 6.07) is 0. The van der Waals surface area contributed by atoms with Crippen LogP contribution < -0.4 is 4.89 Å². The molecule has 0 atom stereocenters. The Balaban J connectivity index is 3.78. The number of carbonyl (C=O) groups is 1. The van der Waals surface area contributed by atoms with Crippen molar-refractivity contribution in [3.63, 3.8) is 0 Å². The lowest BCUT2D eigenvalue weighted by Gasteiger charge is -1.97. The van der Waals surface area contributed by atoms with Gasteiger partial charge in [0.15, 0.2) is 0 Å². The highest BCUT2D eigenvalue weighted by Gasteiger charge is 2.02. The van der Waals surface area contributed by atoms with Gasteiger partial charge < -0.3 is 4.84 Å². The lowest BCUT2D eigenvalue weighted by atomic mass is 10.7. The van der Waals surface area contributed by atoms with Gasteiger partial charge in [0.1, 0.15) is 0 Å². The third kappa shape index (κ3) is 5.26. The molecule has 0 aliphatic heterocycles. The van der Waals surface area contributed by atoms with E-state index in [4.69, 9.17) is 0 Å². The first-order valence-electron chi connectivity index (χ1n) is 2.26. The summed E-state index contributed by atoms with van der Waals surface area (Å²) in [4.78, 5) is 15.7. The van der Waals surface area contributed by atoms with Crippen LogP contribution in [0.25, 0.3) is 0 Å². The summed E-state index contributed by atoms with van der Waals surface area (Å²) in [5.41, 5.74) is 0. The average Bonchev–Trinajstić information content (AvgIpc) is 1.81. The van der Waals surface area contributed by atoms with Gasteiger partial charge in [-0.05, 0) is 4.89 Å². The predicted octanol–water partition coefficient (Wildman–Crippen LogP) is -0.820. The zero-order valence-corrected chi connectivity index (χ0v) is 6.14. The summed E-state index contributed by atoms with van der Waals surface area (Å²) >= 11 is 0. The van der Waals surface area contributed by atoms with Crippen LogP contribution in [-0.4, -0.2) is 20.6 Å². The Morgan fingerprint density at radius 3 is 2.50 bits per heavy atom. The summed E-state index contributed by atoms with van der Waals surface area (Å²) in [5.74, 6) is -0.842. The number of sulfonamides is 1. The fourth-order valence-electron chi connectivity index (χ4n) is 0.158. The molecule has 0 radical (unpaired) electrons. The van der Waals surface area contributed by atoms with Gasteiger partial charge in [0.25, 0.3) is 0 Å². The standard InChI is InChI=1S/C4H7NO4S/c1-3-4(6)9-5-10(2,7)8/h3,5H,1H2,2H3. The van der Waals surface area contributed by atoms with Gasteiger partial charge >= 0.3 is 5.97 Å². The molecule has 58 valence electrons. The predicted molar refractivity (Wildman–Crippen MR) is 34.3 cm³/mol. The molecule has 6 heteroatoms. The first-order chi connectivity index (χ1) is 4.45. The van der Waals surface area contributed by atoms with E-state index in [0.717, 1.165) is 12.3 Å². The number of rotatable bonds is 3. The second-order valence-corrected chi connectivity index (χ2v) is 3.19. The first kappa shape index (κ1) is 9.12. The van der Waals surface area contributed by atoms with Crippen LogP contribution in [0.5, 0.6) is 0 Å². The minimum atomic E-state index is -3.47. The second kappa shape index (κ2) is 3.33. The van der Waals surface area contributed by atoms with Crippen LogP contribution in [0.3, 0.4) is 0 Å². The summed E-state index contributed by atoms with van der Waals surface area (Å²) < 4.78 is 20.5. The third-order valence-electron chi connectivity index (χ3n) is 0.460. The number of carbonyl (C=O) groups excluding carboxylic acids is 1. The van der Waals surface area contributed by atoms with E-state index in [9.17, 15) is 13.2 Å². The third-order valence-corrected chi connectivity index (χ3v) is 0.846. The van der Waals surface area contributed by atoms with Crippen LogP contribution >= 0.6 is 0 Å². The van der Waals surface area contributed by atoms with Crippen LogP contribution in [0.4, 0.5) is 0 Å². The van der Waals surface area contributed by atoms with Gasteiger partial charge in [0.05, 0.1) is 6.26 Å². The molecule has 5 nitrogen and oxygen atoms in total. The molecule has 0 unspecified atom stereocenters. The first-order valence-corrected chi connectivity index (χ1v) is 4.15. The molecular formula is C4H7NO4S. The van der Waals surface area contributed by atoms with Crippen LogP contribution in [-0.2, 0) is 19.7 Å². The molecule has 0 aliphatic carbocycles. The smallest absolute Gasteiger partial charge is 0.349 e. The Bertz CT molecular complexity index is 230. The van der Waals surface area contributed by atoms with Crippen molar-refractivity contribution in [3.05, 3.63) is 12.7 Å². The molecule has 1 N–H and O–H groups in total. The van der Waals surface area contributed by atoms with E-state index in [1.165, 1.54) is 4.89 Å². The van der Waals surface area contributed by atoms with E-state index in [-0.39, 0.29) is 0 Å². The Labute approximate surface area is 58.7 Å². The number of nitrogens with one attached hydrogen (secondary N) is 1. The monoisotopic (exact) mass is 165 g/mol. The maximum absolute atomic E-state index is 10.2. The van der Waals surface area contributed by atoms with Crippen molar-refractivity contribution < 1.29 is 18.0 Å². The van der Waals surface area contributed by atoms with E-state index in [2.05, 4.69) is 11.4 Å². The molecule has 0 aromatic rings. The minimum absolute atomic E-state index is 0.842. The Kier molecular flexibility index (Phi) is 3.04. The van der Waals surface area contributed by atoms with E-state index >= 15 is 0 Å². The molecule has 0 rings (SSSR count). The van der Waals surface area contributed by atoms with Crippen LogP contribution in [0, 0.1) is 0 Å². The SMILES string of the molecule is C=CC(=O)ONS(C)(=O)=O. The molecule has 0 heterocycles. The lowest BCUT2D eigenvalue weighted by Crippen LogP contribution is -2.24. The highest BCUT2D eigenvalue weighted by Crippen LogP contribution is 1.77. The molecule has 0 aromatic heterocycles. The molecule has 0 aliphatic rings. The van der Waals surface area contributed by atoms with E-state index in [1.807, 2.05) is 0 Å². The summed E-state index contributed by atoms with van der Waals surface area (Å²) in [6.07, 6.45) is 1.71. The lowest BCUT2D eigenvalue weighted by molar-refractivity contribution is -0.141. The summed E-state index contributed by atoms with van der Waals surface area (Å²) in [7, 11) is -3.47. The number of hydrogen-bond acceptors (Lipinski definition) is 4. The molecule has 0 saturated heterocycles. The quantitative estimate of drug-likeness (QED) is 0.438. The van der Waals surface area contributed by atoms with Crippen LogP contribution in [0.15, 0.2) is 12.7 Å². The maximum Gasteiger partial charge on any atom is 0.349 e. The topological polar surface area (TPSA) is 72.5 Å². The normalized spacial score (nSPS) is 10.5. The van der Waals surface area contributed by atoms with Crippen molar-refractivity contribution in [2.75, 3.05) is 6.26 Å². The molecule has 10 heavy (non-hydrogen) atoms. The summed E-state index contributed by atoms with van der Waals surface area (Å²) in [6.45, 7) is 3.05. The Morgan fingerprint density at radius 1 is 1.70 bits per heavy atom. The van der Waals surface area contributed by atoms with E-state index in [1.54, 1.807) is 0 Å². The summed E-state index contributed by atoms with van der Waals surface area (Å²) in [5, 5.41) is 0. The molecule has 0 aromatic carbocycles. The van der Waals surface area contributed by atoms with Crippen molar-refractivity contribution in [1.82, 2.24) is 4.89 Å². The molecule has 0 bridgehead atoms. The zero-order chi connectivity index (χ0) is 8.20. The molecule has 0 saturated carbocycles. The van der Waals surface area contributed by atoms with Gasteiger partial charge in [-0.15, -0.1) is 0 Å². The highest BCUT2D eigenvalue weighted by atomic mass is 32.2. The molecule has 0 amide bonds. The van der Waals surface area contributed by atoms with Gasteiger partial charge in [0.2, 0.25) is 10.0 Å². The minimum Gasteiger partial charge on any atom is -0.352 e. The van der Waals surface area contributed by atoms with Crippen molar-refractivity contribution in [2.24, 2.45) is 0 Å². The Hall–Kier alpha value is -0.880. The second-order valence-electron chi connectivity index (χ2n) is 1.48. The van der Waals surface area contributed by atoms with Gasteiger partial charge in [-0.1, -0.05) is 6.58 Å². The van der Waals surface area contributed by atoms with Gasteiger partial charge in [0, 0.05) is 6.08 Å². The van der Waals surface area contributed by atoms with Crippen LogP contribution in [0.1, 0.15) is 0 Å². The van der Waals surface area contributed by atoms with E-state index < -0.39 is 16.0 Å². The average molecular weight is 165 g/mol. The fraction of sp³-hybridized carbons (Fsp3) is 0.250. The van der Waals surface area contributed by atoms with Crippen molar-refractivity contribution in [1.29, 1.82) is 0 Å². The van der Waals surface area contributed by atoms with Gasteiger partial charge in [-0.3, -0.25) is 0 Å². The number of hydrogen-bond donors (Lipinski definition) is 1. The van der Waals surface area contributed by atoms with Crippen LogP contribution in [0.2, 0.25) is 0 Å². The van der Waals surface area contributed by atoms with Gasteiger partial charge in [-0.2, -0.15) is 0 Å². The fourth-order valence-corrected chi connectivity index (χ4v) is 0.392. The highest BCUT2D eigenvalue weighted by molar-refractivity contribution is 7.88. The van der Waals surface area contributed by atoms with Crippen molar-refractivity contribution in [3.8, 4) is 0 Å². The molecular weight excluding hydrogens is 158 g/mol. The van der Waals surface area contributed by atoms with Crippen molar-refractivity contribution in [2.45, 2.75) is 0 Å². The van der Waals surface area contributed by atoms with Gasteiger partial charge in [-0.25, -0.2) is 13.2 Å².